The zero-order valence-corrected chi connectivity index (χ0v) is 11.3. The Balaban J connectivity index is 2.78. The molecule has 0 radical (unpaired) electrons. The molecule has 0 saturated carbocycles. The fraction of sp³-hybridized carbons (Fsp3) is 0.417. The third-order valence-electron chi connectivity index (χ3n) is 2.69. The van der Waals surface area contributed by atoms with Crippen molar-refractivity contribution < 1.29 is 9.53 Å². The molecule has 88 valence electrons. The van der Waals surface area contributed by atoms with Crippen LogP contribution in [0.1, 0.15) is 20.3 Å². The van der Waals surface area contributed by atoms with Crippen LogP contribution >= 0.6 is 15.9 Å². The highest BCUT2D eigenvalue weighted by molar-refractivity contribution is 9.10. The first-order valence-electron chi connectivity index (χ1n) is 5.14. The van der Waals surface area contributed by atoms with Crippen LogP contribution in [0.2, 0.25) is 0 Å². The van der Waals surface area contributed by atoms with E-state index in [9.17, 15) is 4.79 Å². The number of amides is 1. The molecular formula is C12H16BrNO2. The van der Waals surface area contributed by atoms with E-state index in [1.54, 1.807) is 14.0 Å². The zero-order chi connectivity index (χ0) is 12.2. The van der Waals surface area contributed by atoms with E-state index < -0.39 is 5.60 Å². The van der Waals surface area contributed by atoms with Crippen LogP contribution in [0.15, 0.2) is 28.7 Å². The third kappa shape index (κ3) is 3.06. The maximum atomic E-state index is 12.0. The van der Waals surface area contributed by atoms with E-state index in [1.165, 1.54) is 0 Å². The first kappa shape index (κ1) is 13.2. The van der Waals surface area contributed by atoms with Crippen molar-refractivity contribution in [3.63, 3.8) is 0 Å². The molecule has 0 bridgehead atoms. The van der Waals surface area contributed by atoms with Crippen LogP contribution in [0.3, 0.4) is 0 Å². The van der Waals surface area contributed by atoms with E-state index in [0.29, 0.717) is 6.42 Å². The number of carbonyl (C=O) groups excluding carboxylic acids is 1. The molecule has 1 atom stereocenters. The molecule has 0 aliphatic rings. The Labute approximate surface area is 104 Å². The van der Waals surface area contributed by atoms with Crippen LogP contribution in [-0.2, 0) is 9.53 Å². The maximum absolute atomic E-state index is 12.0. The lowest BCUT2D eigenvalue weighted by atomic mass is 10.0. The van der Waals surface area contributed by atoms with E-state index in [4.69, 9.17) is 4.74 Å². The highest BCUT2D eigenvalue weighted by Crippen LogP contribution is 2.20. The van der Waals surface area contributed by atoms with Gasteiger partial charge in [-0.2, -0.15) is 0 Å². The fourth-order valence-electron chi connectivity index (χ4n) is 1.23. The molecule has 0 aliphatic heterocycles. The normalized spacial score (nSPS) is 14.2. The molecule has 1 aromatic carbocycles. The van der Waals surface area contributed by atoms with Gasteiger partial charge in [0.15, 0.2) is 0 Å². The van der Waals surface area contributed by atoms with Gasteiger partial charge in [-0.3, -0.25) is 4.79 Å². The SMILES string of the molecule is CCC(C)(OC)C(=O)Nc1cccc(Br)c1. The summed E-state index contributed by atoms with van der Waals surface area (Å²) in [5.74, 6) is -0.129. The molecule has 0 spiro atoms. The highest BCUT2D eigenvalue weighted by Gasteiger charge is 2.30. The van der Waals surface area contributed by atoms with Crippen LogP contribution in [-0.4, -0.2) is 18.6 Å². The minimum atomic E-state index is -0.775. The molecule has 0 heterocycles. The Bertz CT molecular complexity index is 375. The van der Waals surface area contributed by atoms with E-state index in [1.807, 2.05) is 31.2 Å². The lowest BCUT2D eigenvalue weighted by molar-refractivity contribution is -0.136. The summed E-state index contributed by atoms with van der Waals surface area (Å²) in [5.41, 5.74) is -0.0152. The summed E-state index contributed by atoms with van der Waals surface area (Å²) < 4.78 is 6.16. The third-order valence-corrected chi connectivity index (χ3v) is 3.18. The van der Waals surface area contributed by atoms with Crippen molar-refractivity contribution in [2.24, 2.45) is 0 Å². The van der Waals surface area contributed by atoms with Crippen LogP contribution in [0.4, 0.5) is 5.69 Å². The van der Waals surface area contributed by atoms with Gasteiger partial charge in [0.25, 0.3) is 5.91 Å². The Kier molecular flexibility index (Phi) is 4.50. The molecule has 1 rings (SSSR count). The van der Waals surface area contributed by atoms with E-state index >= 15 is 0 Å². The van der Waals surface area contributed by atoms with Crippen molar-refractivity contribution >= 4 is 27.5 Å². The van der Waals surface area contributed by atoms with Crippen LogP contribution in [0.5, 0.6) is 0 Å². The number of anilines is 1. The van der Waals surface area contributed by atoms with E-state index in [0.717, 1.165) is 10.2 Å². The van der Waals surface area contributed by atoms with Gasteiger partial charge in [0.2, 0.25) is 0 Å². The number of methoxy groups -OCH3 is 1. The number of nitrogens with one attached hydrogen (secondary N) is 1. The molecule has 16 heavy (non-hydrogen) atoms. The van der Waals surface area contributed by atoms with Gasteiger partial charge in [-0.05, 0) is 31.5 Å². The molecule has 1 aromatic rings. The average molecular weight is 286 g/mol. The lowest BCUT2D eigenvalue weighted by Gasteiger charge is -2.25. The second kappa shape index (κ2) is 5.46. The molecular weight excluding hydrogens is 270 g/mol. The Morgan fingerprint density at radius 3 is 2.75 bits per heavy atom. The first-order valence-corrected chi connectivity index (χ1v) is 5.93. The van der Waals surface area contributed by atoms with Gasteiger partial charge in [0, 0.05) is 17.3 Å². The number of carbonyl (C=O) groups is 1. The molecule has 0 aliphatic carbocycles. The summed E-state index contributed by atoms with van der Waals surface area (Å²) in [7, 11) is 1.55. The molecule has 0 saturated heterocycles. The molecule has 0 aromatic heterocycles. The summed E-state index contributed by atoms with van der Waals surface area (Å²) in [5, 5.41) is 2.83. The average Bonchev–Trinajstić information content (AvgIpc) is 2.28. The summed E-state index contributed by atoms with van der Waals surface area (Å²) in [6.07, 6.45) is 0.628. The van der Waals surface area contributed by atoms with E-state index in [-0.39, 0.29) is 5.91 Å². The summed E-state index contributed by atoms with van der Waals surface area (Å²) in [6.45, 7) is 3.70. The Hall–Kier alpha value is -0.870. The molecule has 1 amide bonds. The highest BCUT2D eigenvalue weighted by atomic mass is 79.9. The Morgan fingerprint density at radius 2 is 2.25 bits per heavy atom. The van der Waals surface area contributed by atoms with Crippen LogP contribution in [0.25, 0.3) is 0 Å². The van der Waals surface area contributed by atoms with Crippen molar-refractivity contribution in [3.05, 3.63) is 28.7 Å². The van der Waals surface area contributed by atoms with Gasteiger partial charge in [0.1, 0.15) is 5.60 Å². The van der Waals surface area contributed by atoms with Crippen molar-refractivity contribution in [2.45, 2.75) is 25.9 Å². The molecule has 0 fully saturated rings. The predicted octanol–water partition coefficient (Wildman–Crippen LogP) is 3.20. The second-order valence-electron chi connectivity index (χ2n) is 3.75. The van der Waals surface area contributed by atoms with Gasteiger partial charge in [-0.15, -0.1) is 0 Å². The minimum absolute atomic E-state index is 0.129. The van der Waals surface area contributed by atoms with Gasteiger partial charge < -0.3 is 10.1 Å². The monoisotopic (exact) mass is 285 g/mol. The van der Waals surface area contributed by atoms with Gasteiger partial charge in [-0.25, -0.2) is 0 Å². The van der Waals surface area contributed by atoms with Gasteiger partial charge >= 0.3 is 0 Å². The van der Waals surface area contributed by atoms with Crippen molar-refractivity contribution in [1.82, 2.24) is 0 Å². The van der Waals surface area contributed by atoms with Crippen molar-refractivity contribution in [1.29, 1.82) is 0 Å². The molecule has 1 unspecified atom stereocenters. The smallest absolute Gasteiger partial charge is 0.256 e. The molecule has 3 nitrogen and oxygen atoms in total. The number of ether oxygens (including phenoxy) is 1. The van der Waals surface area contributed by atoms with Gasteiger partial charge in [-0.1, -0.05) is 28.9 Å². The van der Waals surface area contributed by atoms with E-state index in [2.05, 4.69) is 21.2 Å². The topological polar surface area (TPSA) is 38.3 Å². The predicted molar refractivity (Wildman–Crippen MR) is 68.5 cm³/mol. The number of hydrogen-bond acceptors (Lipinski definition) is 2. The number of hydrogen-bond donors (Lipinski definition) is 1. The van der Waals surface area contributed by atoms with Crippen molar-refractivity contribution in [2.75, 3.05) is 12.4 Å². The second-order valence-corrected chi connectivity index (χ2v) is 4.67. The summed E-state index contributed by atoms with van der Waals surface area (Å²) in [6, 6.07) is 7.47. The largest absolute Gasteiger partial charge is 0.369 e. The first-order chi connectivity index (χ1) is 7.51. The summed E-state index contributed by atoms with van der Waals surface area (Å²) in [4.78, 5) is 12.0. The summed E-state index contributed by atoms with van der Waals surface area (Å²) >= 11 is 3.35. The van der Waals surface area contributed by atoms with Gasteiger partial charge in [0.05, 0.1) is 0 Å². The Morgan fingerprint density at radius 1 is 1.56 bits per heavy atom. The quantitative estimate of drug-likeness (QED) is 0.923. The maximum Gasteiger partial charge on any atom is 0.256 e. The number of rotatable bonds is 4. The number of halogens is 1. The zero-order valence-electron chi connectivity index (χ0n) is 9.71. The lowest BCUT2D eigenvalue weighted by Crippen LogP contribution is -2.41. The standard InChI is InChI=1S/C12H16BrNO2/c1-4-12(2,16-3)11(15)14-10-7-5-6-9(13)8-10/h5-8H,4H2,1-3H3,(H,14,15). The molecule has 4 heteroatoms. The van der Waals surface area contributed by atoms with Crippen molar-refractivity contribution in [3.8, 4) is 0 Å². The molecule has 1 N–H and O–H groups in total. The van der Waals surface area contributed by atoms with Crippen LogP contribution < -0.4 is 5.32 Å². The van der Waals surface area contributed by atoms with Crippen LogP contribution in [0, 0.1) is 0 Å². The number of benzene rings is 1. The fourth-order valence-corrected chi connectivity index (χ4v) is 1.63. The minimum Gasteiger partial charge on any atom is -0.369 e.